The van der Waals surface area contributed by atoms with Gasteiger partial charge in [-0.05, 0) is 37.7 Å². The van der Waals surface area contributed by atoms with Crippen LogP contribution in [0.3, 0.4) is 0 Å². The number of aryl methyl sites for hydroxylation is 1. The van der Waals surface area contributed by atoms with Crippen molar-refractivity contribution in [3.63, 3.8) is 0 Å². The van der Waals surface area contributed by atoms with Crippen LogP contribution in [0.4, 0.5) is 5.69 Å². The minimum absolute atomic E-state index is 0.171. The van der Waals surface area contributed by atoms with Crippen molar-refractivity contribution in [2.75, 3.05) is 24.4 Å². The Hall–Kier alpha value is -2.88. The van der Waals surface area contributed by atoms with Crippen LogP contribution in [0.2, 0.25) is 0 Å². The highest BCUT2D eigenvalue weighted by Gasteiger charge is 2.36. The van der Waals surface area contributed by atoms with Crippen LogP contribution in [-0.2, 0) is 27.3 Å². The zero-order chi connectivity index (χ0) is 23.8. The van der Waals surface area contributed by atoms with Gasteiger partial charge in [-0.1, -0.05) is 43.8 Å². The molecule has 0 radical (unpaired) electrons. The number of nitrogens with one attached hydrogen (secondary N) is 1. The minimum atomic E-state index is -0.598. The second-order valence-electron chi connectivity index (χ2n) is 8.17. The number of rotatable bonds is 11. The van der Waals surface area contributed by atoms with Crippen LogP contribution < -0.4 is 10.3 Å². The lowest BCUT2D eigenvalue weighted by Crippen LogP contribution is -2.43. The molecule has 0 spiro atoms. The maximum Gasteiger partial charge on any atom is 0.354 e. The number of carbonyl (C=O) groups excluding carboxylic acids is 2. The summed E-state index contributed by atoms with van der Waals surface area (Å²) in [5.41, 5.74) is 1.01. The molecule has 0 aliphatic carbocycles. The van der Waals surface area contributed by atoms with Gasteiger partial charge in [0.25, 0.3) is 0 Å². The van der Waals surface area contributed by atoms with Crippen LogP contribution in [0.25, 0.3) is 0 Å². The van der Waals surface area contributed by atoms with E-state index in [0.717, 1.165) is 36.1 Å². The average Bonchev–Trinajstić information content (AvgIpc) is 3.42. The van der Waals surface area contributed by atoms with E-state index in [2.05, 4.69) is 39.0 Å². The van der Waals surface area contributed by atoms with Gasteiger partial charge < -0.3 is 14.6 Å². The molecule has 10 heteroatoms. The Balaban J connectivity index is 1.60. The van der Waals surface area contributed by atoms with Gasteiger partial charge in [0.2, 0.25) is 5.91 Å². The van der Waals surface area contributed by atoms with Crippen molar-refractivity contribution < 1.29 is 14.3 Å². The Labute approximate surface area is 199 Å². The quantitative estimate of drug-likeness (QED) is 0.305. The summed E-state index contributed by atoms with van der Waals surface area (Å²) in [7, 11) is 0. The van der Waals surface area contributed by atoms with Crippen LogP contribution in [0.15, 0.2) is 40.6 Å². The molecule has 2 heterocycles. The van der Waals surface area contributed by atoms with Crippen molar-refractivity contribution in [1.82, 2.24) is 20.1 Å². The topological polar surface area (TPSA) is 102 Å². The van der Waals surface area contributed by atoms with Gasteiger partial charge in [-0.15, -0.1) is 10.2 Å². The number of nitrogens with zero attached hydrogens (tertiary/aromatic N) is 5. The predicted molar refractivity (Wildman–Crippen MR) is 129 cm³/mol. The standard InChI is InChI=1S/C23H32N6O3S/c1-5-32-22(31)18-14-19(29(27-18)17-10-7-6-8-11-17)21(30)24-13-9-12-20-25-26-23(33-4)28(20)15-16(2)3/h6-8,10-11,16,19H,5,9,12-15H2,1-4H3,(H,24,30). The fourth-order valence-corrected chi connectivity index (χ4v) is 4.17. The Morgan fingerprint density at radius 3 is 2.67 bits per heavy atom. The van der Waals surface area contributed by atoms with Crippen molar-refractivity contribution in [1.29, 1.82) is 0 Å². The van der Waals surface area contributed by atoms with Gasteiger partial charge in [0.05, 0.1) is 12.3 Å². The second kappa shape index (κ2) is 11.8. The zero-order valence-electron chi connectivity index (χ0n) is 19.7. The van der Waals surface area contributed by atoms with E-state index < -0.39 is 12.0 Å². The number of esters is 1. The number of hydrogen-bond acceptors (Lipinski definition) is 8. The SMILES string of the molecule is CCOC(=O)C1=NN(c2ccccc2)C(C(=O)NCCCc2nnc(SC)n2CC(C)C)C1. The average molecular weight is 473 g/mol. The van der Waals surface area contributed by atoms with Crippen LogP contribution in [0.5, 0.6) is 0 Å². The molecular formula is C23H32N6O3S. The number of aromatic nitrogens is 3. The maximum atomic E-state index is 13.0. The second-order valence-corrected chi connectivity index (χ2v) is 8.94. The number of thioether (sulfide) groups is 1. The number of anilines is 1. The Kier molecular flexibility index (Phi) is 8.87. The lowest BCUT2D eigenvalue weighted by molar-refractivity contribution is -0.135. The normalized spacial score (nSPS) is 15.6. The molecular weight excluding hydrogens is 440 g/mol. The van der Waals surface area contributed by atoms with Gasteiger partial charge in [-0.3, -0.25) is 9.80 Å². The molecule has 1 aromatic carbocycles. The molecule has 1 aliphatic rings. The molecule has 0 fully saturated rings. The van der Waals surface area contributed by atoms with Crippen molar-refractivity contribution in [2.45, 2.75) is 57.8 Å². The van der Waals surface area contributed by atoms with Gasteiger partial charge in [0.15, 0.2) is 5.16 Å². The Morgan fingerprint density at radius 2 is 2.00 bits per heavy atom. The van der Waals surface area contributed by atoms with Gasteiger partial charge in [-0.25, -0.2) is 4.79 Å². The monoisotopic (exact) mass is 472 g/mol. The molecule has 1 aromatic heterocycles. The minimum Gasteiger partial charge on any atom is -0.461 e. The first-order chi connectivity index (χ1) is 15.9. The van der Waals surface area contributed by atoms with Crippen molar-refractivity contribution in [3.05, 3.63) is 36.2 Å². The molecule has 33 heavy (non-hydrogen) atoms. The third kappa shape index (κ3) is 6.34. The number of amides is 1. The van der Waals surface area contributed by atoms with Crippen molar-refractivity contribution in [2.24, 2.45) is 11.0 Å². The molecule has 1 amide bonds. The number of hydrazone groups is 1. The lowest BCUT2D eigenvalue weighted by Gasteiger charge is -2.22. The van der Waals surface area contributed by atoms with E-state index in [1.165, 1.54) is 0 Å². The molecule has 9 nitrogen and oxygen atoms in total. The summed E-state index contributed by atoms with van der Waals surface area (Å²) in [6, 6.07) is 8.77. The summed E-state index contributed by atoms with van der Waals surface area (Å²) < 4.78 is 7.25. The lowest BCUT2D eigenvalue weighted by atomic mass is 10.1. The van der Waals surface area contributed by atoms with E-state index >= 15 is 0 Å². The number of carbonyl (C=O) groups is 2. The van der Waals surface area contributed by atoms with Crippen molar-refractivity contribution >= 4 is 35.0 Å². The van der Waals surface area contributed by atoms with E-state index in [1.54, 1.807) is 23.7 Å². The molecule has 0 saturated heterocycles. The van der Waals surface area contributed by atoms with E-state index in [1.807, 2.05) is 36.6 Å². The molecule has 0 bridgehead atoms. The first-order valence-corrected chi connectivity index (χ1v) is 12.5. The summed E-state index contributed by atoms with van der Waals surface area (Å²) >= 11 is 1.59. The molecule has 0 saturated carbocycles. The highest BCUT2D eigenvalue weighted by atomic mass is 32.2. The van der Waals surface area contributed by atoms with Crippen LogP contribution in [0.1, 0.15) is 39.4 Å². The largest absolute Gasteiger partial charge is 0.461 e. The zero-order valence-corrected chi connectivity index (χ0v) is 20.5. The van der Waals surface area contributed by atoms with Crippen LogP contribution in [0, 0.1) is 5.92 Å². The Bertz CT molecular complexity index is 976. The highest BCUT2D eigenvalue weighted by Crippen LogP contribution is 2.25. The molecule has 178 valence electrons. The fraction of sp³-hybridized carbons (Fsp3) is 0.522. The number of hydrogen-bond donors (Lipinski definition) is 1. The van der Waals surface area contributed by atoms with E-state index in [4.69, 9.17) is 4.74 Å². The molecule has 1 aliphatic heterocycles. The predicted octanol–water partition coefficient (Wildman–Crippen LogP) is 2.90. The molecule has 2 aromatic rings. The third-order valence-corrected chi connectivity index (χ3v) is 5.81. The van der Waals surface area contributed by atoms with Gasteiger partial charge in [0.1, 0.15) is 17.6 Å². The third-order valence-electron chi connectivity index (χ3n) is 5.14. The van der Waals surface area contributed by atoms with Crippen LogP contribution in [-0.4, -0.2) is 57.8 Å². The molecule has 3 rings (SSSR count). The van der Waals surface area contributed by atoms with Crippen molar-refractivity contribution in [3.8, 4) is 0 Å². The van der Waals surface area contributed by atoms with Gasteiger partial charge in [-0.2, -0.15) is 5.10 Å². The Morgan fingerprint density at radius 1 is 1.24 bits per heavy atom. The van der Waals surface area contributed by atoms with Gasteiger partial charge >= 0.3 is 5.97 Å². The first-order valence-electron chi connectivity index (χ1n) is 11.3. The summed E-state index contributed by atoms with van der Waals surface area (Å²) in [6.45, 7) is 7.71. The number of ether oxygens (including phenoxy) is 1. The highest BCUT2D eigenvalue weighted by molar-refractivity contribution is 7.98. The van der Waals surface area contributed by atoms with E-state index in [-0.39, 0.29) is 24.6 Å². The van der Waals surface area contributed by atoms with E-state index in [9.17, 15) is 9.59 Å². The summed E-state index contributed by atoms with van der Waals surface area (Å²) in [5, 5.41) is 18.5. The first kappa shape index (κ1) is 24.8. The summed E-state index contributed by atoms with van der Waals surface area (Å²) in [4.78, 5) is 25.2. The summed E-state index contributed by atoms with van der Waals surface area (Å²) in [5.74, 6) is 0.769. The smallest absolute Gasteiger partial charge is 0.354 e. The number of benzene rings is 1. The molecule has 1 atom stereocenters. The molecule has 1 N–H and O–H groups in total. The molecule has 1 unspecified atom stereocenters. The maximum absolute atomic E-state index is 13.0. The number of para-hydroxylation sites is 1. The van der Waals surface area contributed by atoms with Gasteiger partial charge in [0, 0.05) is 25.9 Å². The summed E-state index contributed by atoms with van der Waals surface area (Å²) in [6.07, 6.45) is 3.66. The van der Waals surface area contributed by atoms with E-state index in [0.29, 0.717) is 12.5 Å². The van der Waals surface area contributed by atoms with Crippen LogP contribution >= 0.6 is 11.8 Å². The fourth-order valence-electron chi connectivity index (χ4n) is 3.65.